The molecule has 5 nitrogen and oxygen atoms in total. The van der Waals surface area contributed by atoms with E-state index in [2.05, 4.69) is 25.9 Å². The topological polar surface area (TPSA) is 83.0 Å². The Morgan fingerprint density at radius 2 is 2.05 bits per heavy atom. The van der Waals surface area contributed by atoms with E-state index in [0.29, 0.717) is 11.4 Å². The Balaban J connectivity index is 2.27. The first-order chi connectivity index (χ1) is 9.47. The van der Waals surface area contributed by atoms with Gasteiger partial charge in [0.1, 0.15) is 10.6 Å². The molecular weight excluding hydrogens is 344 g/mol. The van der Waals surface area contributed by atoms with Crippen LogP contribution in [0.3, 0.4) is 0 Å². The number of carboxylic acid groups (broad SMARTS) is 1. The fourth-order valence-corrected chi connectivity index (χ4v) is 2.94. The van der Waals surface area contributed by atoms with E-state index in [4.69, 9.17) is 0 Å². The molecule has 0 aliphatic rings. The summed E-state index contributed by atoms with van der Waals surface area (Å²) in [5.74, 6) is -0.548. The molecular formula is C13H11BrN2O3S. The number of nitrogens with one attached hydrogen (secondary N) is 1. The molecule has 2 N–H and O–H groups in total. The summed E-state index contributed by atoms with van der Waals surface area (Å²) in [5, 5.41) is 9.43. The fraction of sp³-hybridized carbons (Fsp3) is 0.154. The molecule has 0 saturated carbocycles. The van der Waals surface area contributed by atoms with Crippen LogP contribution in [-0.4, -0.2) is 21.0 Å². The highest BCUT2D eigenvalue weighted by atomic mass is 79.9. The molecule has 0 amide bonds. The molecule has 0 saturated heterocycles. The van der Waals surface area contributed by atoms with Crippen molar-refractivity contribution in [2.45, 2.75) is 17.7 Å². The molecule has 1 aromatic heterocycles. The van der Waals surface area contributed by atoms with E-state index >= 15 is 0 Å². The van der Waals surface area contributed by atoms with Crippen LogP contribution in [0.25, 0.3) is 0 Å². The maximum atomic E-state index is 11.4. The summed E-state index contributed by atoms with van der Waals surface area (Å²) in [4.78, 5) is 28.7. The Kier molecular flexibility index (Phi) is 4.61. The molecule has 0 fully saturated rings. The zero-order valence-corrected chi connectivity index (χ0v) is 12.9. The van der Waals surface area contributed by atoms with Gasteiger partial charge >= 0.3 is 11.7 Å². The first kappa shape index (κ1) is 14.8. The molecule has 0 unspecified atom stereocenters. The van der Waals surface area contributed by atoms with Gasteiger partial charge < -0.3 is 10.1 Å². The molecule has 1 heterocycles. The maximum absolute atomic E-state index is 11.4. The van der Waals surface area contributed by atoms with Gasteiger partial charge in [0, 0.05) is 15.9 Å². The second-order valence-corrected chi connectivity index (χ2v) is 5.95. The zero-order valence-electron chi connectivity index (χ0n) is 10.5. The summed E-state index contributed by atoms with van der Waals surface area (Å²) < 4.78 is 0.975. The van der Waals surface area contributed by atoms with E-state index in [0.717, 1.165) is 10.0 Å². The van der Waals surface area contributed by atoms with Crippen LogP contribution in [0.5, 0.6) is 0 Å². The van der Waals surface area contributed by atoms with Crippen LogP contribution in [0.4, 0.5) is 0 Å². The Labute approximate surface area is 127 Å². The van der Waals surface area contributed by atoms with Gasteiger partial charge in [0.25, 0.3) is 0 Å². The van der Waals surface area contributed by atoms with Crippen molar-refractivity contribution in [3.05, 3.63) is 56.0 Å². The summed E-state index contributed by atoms with van der Waals surface area (Å²) in [5.41, 5.74) is 0.850. The van der Waals surface area contributed by atoms with Gasteiger partial charge in [-0.1, -0.05) is 28.1 Å². The molecule has 0 spiro atoms. The number of thioether (sulfide) groups is 1. The average molecular weight is 355 g/mol. The summed E-state index contributed by atoms with van der Waals surface area (Å²) >= 11 is 4.58. The first-order valence-corrected chi connectivity index (χ1v) is 7.46. The van der Waals surface area contributed by atoms with Crippen molar-refractivity contribution in [1.82, 2.24) is 9.97 Å². The van der Waals surface area contributed by atoms with Crippen LogP contribution in [0.15, 0.2) is 38.6 Å². The molecule has 20 heavy (non-hydrogen) atoms. The molecule has 0 aliphatic carbocycles. The van der Waals surface area contributed by atoms with Gasteiger partial charge in [0.05, 0.1) is 0 Å². The number of hydrogen-bond donors (Lipinski definition) is 2. The number of aromatic nitrogens is 2. The molecule has 0 atom stereocenters. The average Bonchev–Trinajstić information content (AvgIpc) is 2.36. The second kappa shape index (κ2) is 6.23. The molecule has 2 aromatic rings. The number of benzene rings is 1. The van der Waals surface area contributed by atoms with Crippen LogP contribution in [0.1, 0.15) is 21.6 Å². The number of aryl methyl sites for hydroxylation is 1. The Hall–Kier alpha value is -1.60. The van der Waals surface area contributed by atoms with Crippen LogP contribution < -0.4 is 5.69 Å². The Bertz CT molecular complexity index is 698. The van der Waals surface area contributed by atoms with Crippen molar-refractivity contribution in [2.24, 2.45) is 0 Å². The van der Waals surface area contributed by atoms with Gasteiger partial charge in [-0.05, 0) is 24.6 Å². The quantitative estimate of drug-likeness (QED) is 0.651. The summed E-state index contributed by atoms with van der Waals surface area (Å²) in [6, 6.07) is 7.67. The largest absolute Gasteiger partial charge is 0.478 e. The molecule has 0 radical (unpaired) electrons. The lowest BCUT2D eigenvalue weighted by Gasteiger charge is -2.07. The number of nitrogens with zero attached hydrogens (tertiary/aromatic N) is 1. The number of aromatic amines is 1. The number of rotatable bonds is 4. The van der Waals surface area contributed by atoms with E-state index in [1.165, 1.54) is 11.8 Å². The monoisotopic (exact) mass is 354 g/mol. The second-order valence-electron chi connectivity index (χ2n) is 4.07. The number of aromatic carboxylic acids is 1. The van der Waals surface area contributed by atoms with Crippen LogP contribution in [0.2, 0.25) is 0 Å². The van der Waals surface area contributed by atoms with E-state index in [1.807, 2.05) is 24.3 Å². The van der Waals surface area contributed by atoms with Crippen molar-refractivity contribution < 1.29 is 9.90 Å². The Morgan fingerprint density at radius 3 is 2.65 bits per heavy atom. The van der Waals surface area contributed by atoms with Gasteiger partial charge in [-0.15, -0.1) is 11.8 Å². The number of H-pyrrole nitrogens is 1. The van der Waals surface area contributed by atoms with Gasteiger partial charge in [-0.3, -0.25) is 0 Å². The number of halogens is 1. The first-order valence-electron chi connectivity index (χ1n) is 5.69. The van der Waals surface area contributed by atoms with Crippen molar-refractivity contribution in [2.75, 3.05) is 0 Å². The third-order valence-corrected chi connectivity index (χ3v) is 4.16. The minimum absolute atomic E-state index is 0.0479. The number of hydrogen-bond acceptors (Lipinski definition) is 4. The molecule has 7 heteroatoms. The fourth-order valence-electron chi connectivity index (χ4n) is 1.65. The lowest BCUT2D eigenvalue weighted by molar-refractivity contribution is 0.0690. The number of carboxylic acids is 1. The standard InChI is InChI=1S/C13H11BrN2O3S/c1-7-10(12(17)18)11(16-13(19)15-7)20-6-8-2-4-9(14)5-3-8/h2-5H,6H2,1H3,(H,17,18)(H,15,16,19). The lowest BCUT2D eigenvalue weighted by Crippen LogP contribution is -2.18. The number of carbonyl (C=O) groups is 1. The molecule has 0 bridgehead atoms. The van der Waals surface area contributed by atoms with Crippen LogP contribution in [0, 0.1) is 6.92 Å². The normalized spacial score (nSPS) is 10.5. The lowest BCUT2D eigenvalue weighted by atomic mass is 10.2. The van der Waals surface area contributed by atoms with E-state index < -0.39 is 11.7 Å². The molecule has 2 rings (SSSR count). The van der Waals surface area contributed by atoms with Crippen LogP contribution in [-0.2, 0) is 5.75 Å². The van der Waals surface area contributed by atoms with Crippen molar-refractivity contribution in [3.63, 3.8) is 0 Å². The zero-order chi connectivity index (χ0) is 14.7. The SMILES string of the molecule is Cc1[nH]c(=O)nc(SCc2ccc(Br)cc2)c1C(=O)O. The third kappa shape index (κ3) is 3.49. The molecule has 1 aromatic carbocycles. The van der Waals surface area contributed by atoms with Gasteiger partial charge in [-0.2, -0.15) is 4.98 Å². The highest BCUT2D eigenvalue weighted by Gasteiger charge is 2.16. The minimum Gasteiger partial charge on any atom is -0.478 e. The van der Waals surface area contributed by atoms with E-state index in [9.17, 15) is 14.7 Å². The maximum Gasteiger partial charge on any atom is 0.346 e. The molecule has 104 valence electrons. The predicted molar refractivity (Wildman–Crippen MR) is 80.3 cm³/mol. The highest BCUT2D eigenvalue weighted by molar-refractivity contribution is 9.10. The smallest absolute Gasteiger partial charge is 0.346 e. The molecule has 0 aliphatic heterocycles. The van der Waals surface area contributed by atoms with Gasteiger partial charge in [0.2, 0.25) is 0 Å². The highest BCUT2D eigenvalue weighted by Crippen LogP contribution is 2.25. The third-order valence-electron chi connectivity index (χ3n) is 2.59. The Morgan fingerprint density at radius 1 is 1.40 bits per heavy atom. The van der Waals surface area contributed by atoms with Crippen LogP contribution >= 0.6 is 27.7 Å². The van der Waals surface area contributed by atoms with Crippen molar-refractivity contribution >= 4 is 33.7 Å². The summed E-state index contributed by atoms with van der Waals surface area (Å²) in [6.45, 7) is 1.55. The van der Waals surface area contributed by atoms with E-state index in [-0.39, 0.29) is 10.6 Å². The summed E-state index contributed by atoms with van der Waals surface area (Å²) in [7, 11) is 0. The van der Waals surface area contributed by atoms with Crippen molar-refractivity contribution in [1.29, 1.82) is 0 Å². The van der Waals surface area contributed by atoms with Crippen molar-refractivity contribution in [3.8, 4) is 0 Å². The van der Waals surface area contributed by atoms with Gasteiger partial charge in [0.15, 0.2) is 0 Å². The minimum atomic E-state index is -1.09. The predicted octanol–water partition coefficient (Wildman–Crippen LogP) is 2.83. The van der Waals surface area contributed by atoms with E-state index in [1.54, 1.807) is 6.92 Å². The van der Waals surface area contributed by atoms with Gasteiger partial charge in [-0.25, -0.2) is 9.59 Å². The summed E-state index contributed by atoms with van der Waals surface area (Å²) in [6.07, 6.45) is 0.